The minimum absolute atomic E-state index is 0.694. The van der Waals surface area contributed by atoms with Crippen molar-refractivity contribution in [2.45, 2.75) is 58.5 Å². The highest BCUT2D eigenvalue weighted by Crippen LogP contribution is 2.30. The summed E-state index contributed by atoms with van der Waals surface area (Å²) >= 11 is 0. The van der Waals surface area contributed by atoms with E-state index in [2.05, 4.69) is 47.9 Å². The molecule has 1 aliphatic rings. The minimum Gasteiger partial charge on any atom is -0.357 e. The number of rotatable bonds is 6. The van der Waals surface area contributed by atoms with Gasteiger partial charge in [0.25, 0.3) is 0 Å². The summed E-state index contributed by atoms with van der Waals surface area (Å²) < 4.78 is 2.05. The molecular weight excluding hydrogens is 236 g/mol. The molecule has 1 aromatic rings. The first-order valence-corrected chi connectivity index (χ1v) is 7.61. The van der Waals surface area contributed by atoms with E-state index >= 15 is 0 Å². The van der Waals surface area contributed by atoms with Gasteiger partial charge in [0.15, 0.2) is 0 Å². The maximum atomic E-state index is 4.62. The van der Waals surface area contributed by atoms with E-state index in [1.807, 2.05) is 0 Å². The largest absolute Gasteiger partial charge is 0.357 e. The summed E-state index contributed by atoms with van der Waals surface area (Å²) in [5.41, 5.74) is 2.52. The molecule has 0 bridgehead atoms. The highest BCUT2D eigenvalue weighted by molar-refractivity contribution is 5.50. The van der Waals surface area contributed by atoms with Crippen molar-refractivity contribution in [3.05, 3.63) is 11.3 Å². The van der Waals surface area contributed by atoms with Gasteiger partial charge in [0.2, 0.25) is 0 Å². The fraction of sp³-hybridized carbons (Fsp3) is 0.800. The Kier molecular flexibility index (Phi) is 4.86. The molecule has 1 heterocycles. The maximum absolute atomic E-state index is 4.62. The average Bonchev–Trinajstić information content (AvgIpc) is 2.98. The topological polar surface area (TPSA) is 33.1 Å². The molecule has 1 fully saturated rings. The lowest BCUT2D eigenvalue weighted by molar-refractivity contribution is 0.614. The van der Waals surface area contributed by atoms with Gasteiger partial charge in [-0.2, -0.15) is 5.10 Å². The summed E-state index contributed by atoms with van der Waals surface area (Å²) in [7, 11) is 4.30. The van der Waals surface area contributed by atoms with Crippen molar-refractivity contribution in [1.29, 1.82) is 0 Å². The van der Waals surface area contributed by atoms with Crippen LogP contribution in [0.3, 0.4) is 0 Å². The Morgan fingerprint density at radius 2 is 2.05 bits per heavy atom. The number of aryl methyl sites for hydroxylation is 2. The van der Waals surface area contributed by atoms with E-state index in [1.165, 1.54) is 43.5 Å². The molecule has 0 unspecified atom stereocenters. The molecule has 19 heavy (non-hydrogen) atoms. The molecule has 0 amide bonds. The fourth-order valence-electron chi connectivity index (χ4n) is 3.19. The van der Waals surface area contributed by atoms with Crippen LogP contribution in [0.15, 0.2) is 0 Å². The molecule has 0 spiro atoms. The second-order valence-corrected chi connectivity index (χ2v) is 5.74. The minimum atomic E-state index is 0.694. The zero-order chi connectivity index (χ0) is 13.8. The molecule has 0 atom stereocenters. The van der Waals surface area contributed by atoms with Crippen molar-refractivity contribution in [1.82, 2.24) is 15.1 Å². The third kappa shape index (κ3) is 3.11. The Labute approximate surface area is 117 Å². The van der Waals surface area contributed by atoms with Gasteiger partial charge in [-0.05, 0) is 32.7 Å². The van der Waals surface area contributed by atoms with Crippen molar-refractivity contribution in [3.63, 3.8) is 0 Å². The van der Waals surface area contributed by atoms with Crippen molar-refractivity contribution < 1.29 is 0 Å². The molecule has 4 heteroatoms. The Morgan fingerprint density at radius 3 is 2.68 bits per heavy atom. The molecule has 108 valence electrons. The summed E-state index contributed by atoms with van der Waals surface area (Å²) in [4.78, 5) is 2.45. The van der Waals surface area contributed by atoms with Crippen molar-refractivity contribution in [2.24, 2.45) is 7.05 Å². The van der Waals surface area contributed by atoms with Gasteiger partial charge >= 0.3 is 0 Å². The first kappa shape index (κ1) is 14.4. The second kappa shape index (κ2) is 6.42. The van der Waals surface area contributed by atoms with Crippen LogP contribution in [0.4, 0.5) is 5.82 Å². The standard InChI is InChI=1S/C15H28N4/c1-5-10-16-11-14-12(2)17-19(4)15(14)18(3)13-8-6-7-9-13/h13,16H,5-11H2,1-4H3. The zero-order valence-electron chi connectivity index (χ0n) is 12.9. The van der Waals surface area contributed by atoms with Crippen LogP contribution in [0.5, 0.6) is 0 Å². The first-order chi connectivity index (χ1) is 9.15. The monoisotopic (exact) mass is 264 g/mol. The lowest BCUT2D eigenvalue weighted by atomic mass is 10.1. The zero-order valence-corrected chi connectivity index (χ0v) is 12.9. The van der Waals surface area contributed by atoms with E-state index in [0.717, 1.165) is 18.8 Å². The molecular formula is C15H28N4. The molecule has 1 N–H and O–H groups in total. The van der Waals surface area contributed by atoms with Gasteiger partial charge in [-0.3, -0.25) is 4.68 Å². The third-order valence-corrected chi connectivity index (χ3v) is 4.25. The highest BCUT2D eigenvalue weighted by atomic mass is 15.4. The number of nitrogens with zero attached hydrogens (tertiary/aromatic N) is 3. The lowest BCUT2D eigenvalue weighted by Gasteiger charge is -2.27. The normalized spacial score (nSPS) is 16.2. The third-order valence-electron chi connectivity index (χ3n) is 4.25. The van der Waals surface area contributed by atoms with Crippen LogP contribution in [-0.2, 0) is 13.6 Å². The quantitative estimate of drug-likeness (QED) is 0.802. The Morgan fingerprint density at radius 1 is 1.37 bits per heavy atom. The molecule has 4 nitrogen and oxygen atoms in total. The summed E-state index contributed by atoms with van der Waals surface area (Å²) in [6, 6.07) is 0.694. The van der Waals surface area contributed by atoms with Crippen LogP contribution in [0.2, 0.25) is 0 Å². The summed E-state index contributed by atoms with van der Waals surface area (Å²) in [6.07, 6.45) is 6.56. The number of aromatic nitrogens is 2. The van der Waals surface area contributed by atoms with Crippen molar-refractivity contribution >= 4 is 5.82 Å². The van der Waals surface area contributed by atoms with E-state index in [4.69, 9.17) is 0 Å². The van der Waals surface area contributed by atoms with Crippen LogP contribution in [-0.4, -0.2) is 29.4 Å². The SMILES string of the molecule is CCCNCc1c(C)nn(C)c1N(C)C1CCCC1. The average molecular weight is 264 g/mol. The highest BCUT2D eigenvalue weighted by Gasteiger charge is 2.25. The molecule has 0 radical (unpaired) electrons. The lowest BCUT2D eigenvalue weighted by Crippen LogP contribution is -2.32. The van der Waals surface area contributed by atoms with Crippen LogP contribution < -0.4 is 10.2 Å². The predicted molar refractivity (Wildman–Crippen MR) is 80.6 cm³/mol. The smallest absolute Gasteiger partial charge is 0.131 e. The molecule has 0 saturated heterocycles. The van der Waals surface area contributed by atoms with E-state index < -0.39 is 0 Å². The van der Waals surface area contributed by atoms with Crippen LogP contribution in [0.25, 0.3) is 0 Å². The van der Waals surface area contributed by atoms with Gasteiger partial charge in [-0.1, -0.05) is 19.8 Å². The first-order valence-electron chi connectivity index (χ1n) is 7.61. The molecule has 1 aromatic heterocycles. The molecule has 1 aliphatic carbocycles. The van der Waals surface area contributed by atoms with E-state index in [0.29, 0.717) is 6.04 Å². The van der Waals surface area contributed by atoms with Crippen molar-refractivity contribution in [3.8, 4) is 0 Å². The van der Waals surface area contributed by atoms with Crippen LogP contribution in [0, 0.1) is 6.92 Å². The summed E-state index contributed by atoms with van der Waals surface area (Å²) in [6.45, 7) is 6.32. The van der Waals surface area contributed by atoms with Crippen LogP contribution >= 0.6 is 0 Å². The Hall–Kier alpha value is -1.03. The number of nitrogens with one attached hydrogen (secondary N) is 1. The molecule has 0 aromatic carbocycles. The number of anilines is 1. The summed E-state index contributed by atoms with van der Waals surface area (Å²) in [5.74, 6) is 1.30. The Bertz CT molecular complexity index is 405. The second-order valence-electron chi connectivity index (χ2n) is 5.74. The summed E-state index contributed by atoms with van der Waals surface area (Å²) in [5, 5.41) is 8.13. The van der Waals surface area contributed by atoms with Crippen molar-refractivity contribution in [2.75, 3.05) is 18.5 Å². The van der Waals surface area contributed by atoms with Crippen LogP contribution in [0.1, 0.15) is 50.3 Å². The van der Waals surface area contributed by atoms with Gasteiger partial charge < -0.3 is 10.2 Å². The van der Waals surface area contributed by atoms with Gasteiger partial charge in [-0.15, -0.1) is 0 Å². The predicted octanol–water partition coefficient (Wildman–Crippen LogP) is 2.61. The van der Waals surface area contributed by atoms with E-state index in [-0.39, 0.29) is 0 Å². The molecule has 2 rings (SSSR count). The van der Waals surface area contributed by atoms with Gasteiger partial charge in [0, 0.05) is 32.2 Å². The van der Waals surface area contributed by atoms with Gasteiger partial charge in [0.1, 0.15) is 5.82 Å². The van der Waals surface area contributed by atoms with Gasteiger partial charge in [-0.25, -0.2) is 0 Å². The fourth-order valence-corrected chi connectivity index (χ4v) is 3.19. The molecule has 0 aliphatic heterocycles. The maximum Gasteiger partial charge on any atom is 0.131 e. The number of hydrogen-bond acceptors (Lipinski definition) is 3. The van der Waals surface area contributed by atoms with Gasteiger partial charge in [0.05, 0.1) is 5.69 Å². The Balaban J connectivity index is 2.17. The van der Waals surface area contributed by atoms with E-state index in [1.54, 1.807) is 0 Å². The van der Waals surface area contributed by atoms with E-state index in [9.17, 15) is 0 Å². The molecule has 1 saturated carbocycles. The number of hydrogen-bond donors (Lipinski definition) is 1.